The second kappa shape index (κ2) is 13.7. The van der Waals surface area contributed by atoms with Gasteiger partial charge in [0.05, 0.1) is 0 Å². The summed E-state index contributed by atoms with van der Waals surface area (Å²) in [7, 11) is 0. The number of rotatable bonds is 15. The first-order valence-electron chi connectivity index (χ1n) is 9.47. The van der Waals surface area contributed by atoms with E-state index in [1.165, 1.54) is 77.0 Å². The lowest BCUT2D eigenvalue weighted by Gasteiger charge is -2.02. The molecule has 0 amide bonds. The minimum atomic E-state index is 0.00205. The van der Waals surface area contributed by atoms with Crippen molar-refractivity contribution in [2.45, 2.75) is 96.0 Å². The van der Waals surface area contributed by atoms with Crippen molar-refractivity contribution in [1.29, 1.82) is 0 Å². The molecular formula is C20H34O2S. The third kappa shape index (κ3) is 10.6. The van der Waals surface area contributed by atoms with Gasteiger partial charge in [0, 0.05) is 12.7 Å². The molecule has 0 spiro atoms. The van der Waals surface area contributed by atoms with Crippen LogP contribution in [0.4, 0.5) is 0 Å². The lowest BCUT2D eigenvalue weighted by molar-refractivity contribution is 0.0982. The summed E-state index contributed by atoms with van der Waals surface area (Å²) in [6, 6.07) is 3.68. The van der Waals surface area contributed by atoms with Gasteiger partial charge in [-0.15, -0.1) is 0 Å². The van der Waals surface area contributed by atoms with Gasteiger partial charge in [-0.2, -0.15) is 0 Å². The first-order chi connectivity index (χ1) is 11.2. The molecule has 0 aromatic carbocycles. The summed E-state index contributed by atoms with van der Waals surface area (Å²) in [5.41, 5.74) is 0. The first kappa shape index (κ1) is 20.3. The van der Waals surface area contributed by atoms with E-state index in [4.69, 9.17) is 4.42 Å². The zero-order chi connectivity index (χ0) is 16.8. The number of carbonyl (C=O) groups is 1. The van der Waals surface area contributed by atoms with E-state index in [0.717, 1.165) is 10.8 Å². The molecule has 132 valence electrons. The Morgan fingerprint density at radius 1 is 0.870 bits per heavy atom. The molecule has 0 saturated heterocycles. The number of carbonyl (C=O) groups excluding carboxylic acids is 1. The predicted molar refractivity (Wildman–Crippen MR) is 101 cm³/mol. The second-order valence-electron chi connectivity index (χ2n) is 6.41. The summed E-state index contributed by atoms with van der Waals surface area (Å²) >= 11 is 1.72. The molecular weight excluding hydrogens is 304 g/mol. The SMILES string of the molecule is CCCCCCCCCCCCCCSc1ccc(C(C)=O)o1. The number of unbranched alkanes of at least 4 members (excludes halogenated alkanes) is 11. The van der Waals surface area contributed by atoms with Gasteiger partial charge in [-0.3, -0.25) is 4.79 Å². The van der Waals surface area contributed by atoms with Gasteiger partial charge in [0.15, 0.2) is 16.6 Å². The molecule has 23 heavy (non-hydrogen) atoms. The van der Waals surface area contributed by atoms with Crippen LogP contribution in [0.2, 0.25) is 0 Å². The Bertz CT molecular complexity index is 412. The van der Waals surface area contributed by atoms with Crippen molar-refractivity contribution in [2.24, 2.45) is 0 Å². The van der Waals surface area contributed by atoms with Crippen LogP contribution in [0.25, 0.3) is 0 Å². The third-order valence-electron chi connectivity index (χ3n) is 4.17. The van der Waals surface area contributed by atoms with Crippen molar-refractivity contribution in [3.63, 3.8) is 0 Å². The lowest BCUT2D eigenvalue weighted by Crippen LogP contribution is -1.86. The number of hydrogen-bond acceptors (Lipinski definition) is 3. The molecule has 0 unspecified atom stereocenters. The Balaban J connectivity index is 1.83. The highest BCUT2D eigenvalue weighted by atomic mass is 32.2. The Kier molecular flexibility index (Phi) is 12.1. The van der Waals surface area contributed by atoms with Crippen LogP contribution < -0.4 is 0 Å². The van der Waals surface area contributed by atoms with Gasteiger partial charge in [-0.25, -0.2) is 0 Å². The largest absolute Gasteiger partial charge is 0.447 e. The fourth-order valence-corrected chi connectivity index (χ4v) is 3.57. The molecule has 3 heteroatoms. The van der Waals surface area contributed by atoms with Crippen molar-refractivity contribution in [3.8, 4) is 0 Å². The summed E-state index contributed by atoms with van der Waals surface area (Å²) < 4.78 is 5.47. The number of thioether (sulfide) groups is 1. The summed E-state index contributed by atoms with van der Waals surface area (Å²) in [6.45, 7) is 3.81. The maximum Gasteiger partial charge on any atom is 0.194 e. The van der Waals surface area contributed by atoms with E-state index < -0.39 is 0 Å². The number of Topliss-reactive ketones (excluding diaryl/α,β-unsaturated/α-hetero) is 1. The molecule has 0 aliphatic heterocycles. The zero-order valence-electron chi connectivity index (χ0n) is 15.1. The van der Waals surface area contributed by atoms with Crippen LogP contribution in [0.1, 0.15) is 101 Å². The minimum Gasteiger partial charge on any atom is -0.447 e. The molecule has 1 aromatic rings. The summed E-state index contributed by atoms with van der Waals surface area (Å²) in [6.07, 6.45) is 16.6. The van der Waals surface area contributed by atoms with Gasteiger partial charge in [-0.05, 0) is 18.6 Å². The van der Waals surface area contributed by atoms with E-state index in [1.54, 1.807) is 24.8 Å². The molecule has 1 heterocycles. The molecule has 0 aliphatic carbocycles. The van der Waals surface area contributed by atoms with Gasteiger partial charge in [0.1, 0.15) is 0 Å². The maximum atomic E-state index is 11.1. The van der Waals surface area contributed by atoms with Crippen LogP contribution in [-0.2, 0) is 0 Å². The quantitative estimate of drug-likeness (QED) is 0.191. The fraction of sp³-hybridized carbons (Fsp3) is 0.750. The van der Waals surface area contributed by atoms with E-state index in [9.17, 15) is 4.79 Å². The summed E-state index contributed by atoms with van der Waals surface area (Å²) in [4.78, 5) is 11.1. The van der Waals surface area contributed by atoms with Crippen LogP contribution in [0.3, 0.4) is 0 Å². The van der Waals surface area contributed by atoms with Gasteiger partial charge in [0.25, 0.3) is 0 Å². The highest BCUT2D eigenvalue weighted by Crippen LogP contribution is 2.23. The molecule has 0 atom stereocenters. The maximum absolute atomic E-state index is 11.1. The van der Waals surface area contributed by atoms with E-state index in [-0.39, 0.29) is 5.78 Å². The van der Waals surface area contributed by atoms with E-state index >= 15 is 0 Å². The third-order valence-corrected chi connectivity index (χ3v) is 5.17. The number of hydrogen-bond donors (Lipinski definition) is 0. The molecule has 0 N–H and O–H groups in total. The summed E-state index contributed by atoms with van der Waals surface area (Å²) in [5, 5.41) is 0.873. The van der Waals surface area contributed by atoms with Crippen molar-refractivity contribution >= 4 is 17.5 Å². The van der Waals surface area contributed by atoms with E-state index in [2.05, 4.69) is 6.92 Å². The number of ketones is 1. The van der Waals surface area contributed by atoms with Gasteiger partial charge in [0.2, 0.25) is 0 Å². The molecule has 1 aromatic heterocycles. The molecule has 0 saturated carbocycles. The smallest absolute Gasteiger partial charge is 0.194 e. The summed E-state index contributed by atoms with van der Waals surface area (Å²) in [5.74, 6) is 1.56. The van der Waals surface area contributed by atoms with Crippen molar-refractivity contribution in [3.05, 3.63) is 17.9 Å². The normalized spacial score (nSPS) is 11.0. The van der Waals surface area contributed by atoms with Crippen molar-refractivity contribution in [1.82, 2.24) is 0 Å². The van der Waals surface area contributed by atoms with E-state index in [0.29, 0.717) is 5.76 Å². The van der Waals surface area contributed by atoms with Crippen molar-refractivity contribution < 1.29 is 9.21 Å². The van der Waals surface area contributed by atoms with Gasteiger partial charge < -0.3 is 4.42 Å². The zero-order valence-corrected chi connectivity index (χ0v) is 15.9. The first-order valence-corrected chi connectivity index (χ1v) is 10.5. The van der Waals surface area contributed by atoms with Gasteiger partial charge >= 0.3 is 0 Å². The Hall–Kier alpha value is -0.700. The standard InChI is InChI=1S/C20H34O2S/c1-3-4-5-6-7-8-9-10-11-12-13-14-17-23-20-16-15-19(22-20)18(2)21/h15-16H,3-14,17H2,1-2H3. The van der Waals surface area contributed by atoms with Crippen LogP contribution in [0.15, 0.2) is 21.6 Å². The van der Waals surface area contributed by atoms with Crippen LogP contribution >= 0.6 is 11.8 Å². The minimum absolute atomic E-state index is 0.00205. The Labute approximate surface area is 146 Å². The molecule has 0 aliphatic rings. The highest BCUT2D eigenvalue weighted by Gasteiger charge is 2.06. The highest BCUT2D eigenvalue weighted by molar-refractivity contribution is 7.99. The van der Waals surface area contributed by atoms with Crippen LogP contribution in [-0.4, -0.2) is 11.5 Å². The predicted octanol–water partition coefficient (Wildman–Crippen LogP) is 7.28. The fourth-order valence-electron chi connectivity index (χ4n) is 2.70. The van der Waals surface area contributed by atoms with Crippen LogP contribution in [0, 0.1) is 0 Å². The molecule has 1 rings (SSSR count). The average molecular weight is 339 g/mol. The lowest BCUT2D eigenvalue weighted by atomic mass is 10.1. The Morgan fingerprint density at radius 3 is 1.87 bits per heavy atom. The van der Waals surface area contributed by atoms with Crippen molar-refractivity contribution in [2.75, 3.05) is 5.75 Å². The molecule has 2 nitrogen and oxygen atoms in total. The molecule has 0 radical (unpaired) electrons. The molecule has 0 fully saturated rings. The topological polar surface area (TPSA) is 30.2 Å². The van der Waals surface area contributed by atoms with Gasteiger partial charge in [-0.1, -0.05) is 89.3 Å². The Morgan fingerprint density at radius 2 is 1.39 bits per heavy atom. The van der Waals surface area contributed by atoms with E-state index in [1.807, 2.05) is 6.07 Å². The second-order valence-corrected chi connectivity index (χ2v) is 7.51. The van der Waals surface area contributed by atoms with Crippen LogP contribution in [0.5, 0.6) is 0 Å². The monoisotopic (exact) mass is 338 g/mol. The average Bonchev–Trinajstić information content (AvgIpc) is 3.01. The number of furan rings is 1. The molecule has 0 bridgehead atoms.